The largest absolute Gasteiger partial charge is 0.485 e. The number of ether oxygens (including phenoxy) is 2. The number of benzene rings is 2. The minimum atomic E-state index is 0.394. The zero-order chi connectivity index (χ0) is 9.38. The monoisotopic (exact) mass is 184 g/mol. The van der Waals surface area contributed by atoms with E-state index in [0.29, 0.717) is 6.61 Å². The van der Waals surface area contributed by atoms with Crippen LogP contribution in [0.15, 0.2) is 36.4 Å². The number of hydrogen-bond acceptors (Lipinski definition) is 2. The van der Waals surface area contributed by atoms with Gasteiger partial charge in [0.1, 0.15) is 6.61 Å². The maximum Gasteiger partial charge on any atom is 0.237 e. The third kappa shape index (κ3) is 1.04. The lowest BCUT2D eigenvalue weighted by Gasteiger charge is -2.18. The van der Waals surface area contributed by atoms with Crippen LogP contribution in [0.25, 0.3) is 10.8 Å². The average molecular weight is 184 g/mol. The molecule has 68 valence electrons. The van der Waals surface area contributed by atoms with Crippen molar-refractivity contribution in [2.75, 3.05) is 6.61 Å². The van der Waals surface area contributed by atoms with E-state index in [-0.39, 0.29) is 0 Å². The second-order valence-corrected chi connectivity index (χ2v) is 3.15. The van der Waals surface area contributed by atoms with E-state index in [0.717, 1.165) is 22.3 Å². The van der Waals surface area contributed by atoms with Gasteiger partial charge in [-0.15, -0.1) is 0 Å². The Kier molecular flexibility index (Phi) is 1.60. The van der Waals surface area contributed by atoms with Crippen molar-refractivity contribution in [3.05, 3.63) is 43.0 Å². The SMILES string of the molecule is [C]1COc2ccc3ccccc3c2O1. The maximum atomic E-state index is 5.40. The van der Waals surface area contributed by atoms with Crippen LogP contribution in [-0.4, -0.2) is 6.61 Å². The Labute approximate surface area is 82.1 Å². The zero-order valence-corrected chi connectivity index (χ0v) is 7.49. The molecule has 2 nitrogen and oxygen atoms in total. The van der Waals surface area contributed by atoms with Crippen LogP contribution in [0.2, 0.25) is 0 Å². The van der Waals surface area contributed by atoms with E-state index in [1.165, 1.54) is 0 Å². The van der Waals surface area contributed by atoms with Gasteiger partial charge >= 0.3 is 0 Å². The first-order chi connectivity index (χ1) is 6.95. The van der Waals surface area contributed by atoms with Crippen LogP contribution >= 0.6 is 0 Å². The molecule has 0 aliphatic carbocycles. The van der Waals surface area contributed by atoms with Gasteiger partial charge in [-0.2, -0.15) is 0 Å². The molecule has 2 radical (unpaired) electrons. The first kappa shape index (κ1) is 7.68. The molecule has 0 atom stereocenters. The molecule has 14 heavy (non-hydrogen) atoms. The maximum absolute atomic E-state index is 5.40. The number of fused-ring (bicyclic) bond motifs is 3. The van der Waals surface area contributed by atoms with E-state index < -0.39 is 0 Å². The lowest BCUT2D eigenvalue weighted by Crippen LogP contribution is -2.10. The third-order valence-electron chi connectivity index (χ3n) is 2.30. The van der Waals surface area contributed by atoms with Gasteiger partial charge in [0.15, 0.2) is 11.5 Å². The summed E-state index contributed by atoms with van der Waals surface area (Å²) in [5.41, 5.74) is 0. The molecular weight excluding hydrogens is 176 g/mol. The van der Waals surface area contributed by atoms with Crippen LogP contribution in [0.5, 0.6) is 11.5 Å². The lowest BCUT2D eigenvalue weighted by atomic mass is 10.1. The molecule has 0 fully saturated rings. The van der Waals surface area contributed by atoms with Crippen LogP contribution in [0.4, 0.5) is 0 Å². The third-order valence-corrected chi connectivity index (χ3v) is 2.30. The molecule has 0 aromatic heterocycles. The van der Waals surface area contributed by atoms with Crippen molar-refractivity contribution in [3.8, 4) is 11.5 Å². The molecule has 3 rings (SSSR count). The highest BCUT2D eigenvalue weighted by molar-refractivity contribution is 5.90. The summed E-state index contributed by atoms with van der Waals surface area (Å²) in [6, 6.07) is 12.0. The standard InChI is InChI=1S/C12H8O2/c1-2-4-10-9(3-1)5-6-11-12(10)14-8-7-13-11/h1-6H,7H2. The van der Waals surface area contributed by atoms with Gasteiger partial charge in [-0.3, -0.25) is 0 Å². The summed E-state index contributed by atoms with van der Waals surface area (Å²) in [7, 11) is 0. The highest BCUT2D eigenvalue weighted by Crippen LogP contribution is 2.37. The van der Waals surface area contributed by atoms with Gasteiger partial charge in [0.05, 0.1) is 0 Å². The van der Waals surface area contributed by atoms with Crippen molar-refractivity contribution >= 4 is 10.8 Å². The van der Waals surface area contributed by atoms with Crippen molar-refractivity contribution in [1.29, 1.82) is 0 Å². The molecule has 2 aromatic carbocycles. The number of rotatable bonds is 0. The molecule has 2 aromatic rings. The molecule has 2 heteroatoms. The summed E-state index contributed by atoms with van der Waals surface area (Å²) in [6.07, 6.45) is 0. The Morgan fingerprint density at radius 1 is 1.07 bits per heavy atom. The second-order valence-electron chi connectivity index (χ2n) is 3.15. The average Bonchev–Trinajstić information content (AvgIpc) is 2.29. The van der Waals surface area contributed by atoms with Crippen molar-refractivity contribution in [2.45, 2.75) is 0 Å². The van der Waals surface area contributed by atoms with Gasteiger partial charge in [-0.1, -0.05) is 30.3 Å². The minimum Gasteiger partial charge on any atom is -0.485 e. The van der Waals surface area contributed by atoms with Crippen LogP contribution in [0, 0.1) is 6.61 Å². The fraction of sp³-hybridized carbons (Fsp3) is 0.0833. The Hall–Kier alpha value is -1.70. The van der Waals surface area contributed by atoms with Gasteiger partial charge in [0.25, 0.3) is 0 Å². The lowest BCUT2D eigenvalue weighted by molar-refractivity contribution is 0.226. The Balaban J connectivity index is 2.34. The van der Waals surface area contributed by atoms with Gasteiger partial charge in [0.2, 0.25) is 6.61 Å². The molecular formula is C12H8O2. The van der Waals surface area contributed by atoms with E-state index in [1.54, 1.807) is 0 Å². The van der Waals surface area contributed by atoms with Gasteiger partial charge < -0.3 is 9.47 Å². The highest BCUT2D eigenvalue weighted by atomic mass is 16.6. The Morgan fingerprint density at radius 3 is 3.00 bits per heavy atom. The summed E-state index contributed by atoms with van der Waals surface area (Å²) in [5, 5.41) is 2.22. The fourth-order valence-corrected chi connectivity index (χ4v) is 1.65. The van der Waals surface area contributed by atoms with E-state index >= 15 is 0 Å². The Bertz CT molecular complexity index is 477. The molecule has 0 N–H and O–H groups in total. The summed E-state index contributed by atoms with van der Waals surface area (Å²) in [5.74, 6) is 1.57. The smallest absolute Gasteiger partial charge is 0.237 e. The first-order valence-corrected chi connectivity index (χ1v) is 4.49. The molecule has 0 spiro atoms. The summed E-state index contributed by atoms with van der Waals surface area (Å²) < 4.78 is 10.8. The molecule has 1 aliphatic rings. The van der Waals surface area contributed by atoms with Crippen LogP contribution in [-0.2, 0) is 0 Å². The Morgan fingerprint density at radius 2 is 2.00 bits per heavy atom. The summed E-state index contributed by atoms with van der Waals surface area (Å²) >= 11 is 0. The summed E-state index contributed by atoms with van der Waals surface area (Å²) in [6.45, 7) is 3.11. The van der Waals surface area contributed by atoms with Gasteiger partial charge in [0, 0.05) is 5.39 Å². The normalized spacial score (nSPS) is 14.3. The van der Waals surface area contributed by atoms with Crippen LogP contribution in [0.1, 0.15) is 0 Å². The molecule has 0 amide bonds. The predicted molar refractivity (Wildman–Crippen MR) is 53.3 cm³/mol. The van der Waals surface area contributed by atoms with Crippen molar-refractivity contribution in [3.63, 3.8) is 0 Å². The fourth-order valence-electron chi connectivity index (χ4n) is 1.65. The molecule has 1 heterocycles. The second kappa shape index (κ2) is 2.91. The molecule has 0 saturated carbocycles. The van der Waals surface area contributed by atoms with E-state index in [4.69, 9.17) is 9.47 Å². The van der Waals surface area contributed by atoms with Gasteiger partial charge in [-0.05, 0) is 11.5 Å². The highest BCUT2D eigenvalue weighted by Gasteiger charge is 2.14. The molecule has 0 saturated heterocycles. The van der Waals surface area contributed by atoms with Crippen LogP contribution < -0.4 is 9.47 Å². The van der Waals surface area contributed by atoms with Crippen LogP contribution in [0.3, 0.4) is 0 Å². The first-order valence-electron chi connectivity index (χ1n) is 4.49. The van der Waals surface area contributed by atoms with Crippen molar-refractivity contribution in [1.82, 2.24) is 0 Å². The summed E-state index contributed by atoms with van der Waals surface area (Å²) in [4.78, 5) is 0. The van der Waals surface area contributed by atoms with Crippen molar-refractivity contribution < 1.29 is 9.47 Å². The molecule has 0 unspecified atom stereocenters. The van der Waals surface area contributed by atoms with Crippen molar-refractivity contribution in [2.24, 2.45) is 0 Å². The zero-order valence-electron chi connectivity index (χ0n) is 7.49. The topological polar surface area (TPSA) is 18.5 Å². The molecule has 1 aliphatic heterocycles. The number of hydrogen-bond donors (Lipinski definition) is 0. The predicted octanol–water partition coefficient (Wildman–Crippen LogP) is 2.65. The minimum absolute atomic E-state index is 0.394. The van der Waals surface area contributed by atoms with E-state index in [1.807, 2.05) is 36.4 Å². The van der Waals surface area contributed by atoms with Gasteiger partial charge in [-0.25, -0.2) is 0 Å². The van der Waals surface area contributed by atoms with E-state index in [9.17, 15) is 0 Å². The molecule has 0 bridgehead atoms. The van der Waals surface area contributed by atoms with E-state index in [2.05, 4.69) is 6.61 Å². The quantitative estimate of drug-likeness (QED) is 0.626.